The quantitative estimate of drug-likeness (QED) is 0.655. The Balaban J connectivity index is 1.85. The van der Waals surface area contributed by atoms with E-state index in [1.165, 1.54) is 21.7 Å². The van der Waals surface area contributed by atoms with Crippen LogP contribution in [0, 0.1) is 6.92 Å². The van der Waals surface area contributed by atoms with Gasteiger partial charge in [0, 0.05) is 17.8 Å². The largest absolute Gasteiger partial charge is 0.435 e. The minimum Gasteiger partial charge on any atom is -0.435 e. The molecule has 0 atom stereocenters. The van der Waals surface area contributed by atoms with E-state index >= 15 is 0 Å². The monoisotopic (exact) mass is 392 g/mol. The summed E-state index contributed by atoms with van der Waals surface area (Å²) >= 11 is 5.97. The lowest BCUT2D eigenvalue weighted by Crippen LogP contribution is -2.27. The minimum atomic E-state index is -2.89. The second kappa shape index (κ2) is 7.71. The minimum absolute atomic E-state index is 0.0310. The lowest BCUT2D eigenvalue weighted by molar-refractivity contribution is -0.0498. The van der Waals surface area contributed by atoms with Gasteiger partial charge in [0.2, 0.25) is 0 Å². The van der Waals surface area contributed by atoms with Gasteiger partial charge in [0.1, 0.15) is 5.75 Å². The first-order valence-corrected chi connectivity index (χ1v) is 8.26. The van der Waals surface area contributed by atoms with Gasteiger partial charge in [0.05, 0.1) is 11.4 Å². The van der Waals surface area contributed by atoms with Gasteiger partial charge in [-0.1, -0.05) is 22.9 Å². The van der Waals surface area contributed by atoms with Gasteiger partial charge in [-0.2, -0.15) is 8.78 Å². The normalized spacial score (nSPS) is 10.9. The Labute approximate surface area is 158 Å². The van der Waals surface area contributed by atoms with Crippen LogP contribution >= 0.6 is 11.6 Å². The number of nitrogens with zero attached hydrogens (tertiary/aromatic N) is 4. The predicted octanol–water partition coefficient (Wildman–Crippen LogP) is 4.11. The van der Waals surface area contributed by atoms with Crippen molar-refractivity contribution in [2.75, 3.05) is 11.9 Å². The van der Waals surface area contributed by atoms with Crippen molar-refractivity contribution in [2.24, 2.45) is 0 Å². The molecule has 3 rings (SSSR count). The van der Waals surface area contributed by atoms with Crippen molar-refractivity contribution >= 4 is 23.2 Å². The van der Waals surface area contributed by atoms with E-state index in [1.807, 2.05) is 0 Å². The highest BCUT2D eigenvalue weighted by atomic mass is 35.5. The zero-order valence-electron chi connectivity index (χ0n) is 14.4. The SMILES string of the molecule is Cc1c(C(=O)N(C)c2cccc(Cl)c2)nnn1-c1ccc(OC(F)F)cc1. The average Bonchev–Trinajstić information content (AvgIpc) is 3.02. The number of carbonyl (C=O) groups is 1. The van der Waals surface area contributed by atoms with Gasteiger partial charge in [-0.15, -0.1) is 5.10 Å². The van der Waals surface area contributed by atoms with Crippen molar-refractivity contribution in [2.45, 2.75) is 13.5 Å². The Kier molecular flexibility index (Phi) is 5.36. The first-order chi connectivity index (χ1) is 12.9. The molecule has 0 fully saturated rings. The number of aromatic nitrogens is 3. The van der Waals surface area contributed by atoms with Crippen LogP contribution in [-0.4, -0.2) is 34.6 Å². The van der Waals surface area contributed by atoms with Crippen molar-refractivity contribution < 1.29 is 18.3 Å². The lowest BCUT2D eigenvalue weighted by atomic mass is 10.2. The molecule has 9 heteroatoms. The third-order valence-electron chi connectivity index (χ3n) is 3.90. The number of hydrogen-bond acceptors (Lipinski definition) is 4. The highest BCUT2D eigenvalue weighted by molar-refractivity contribution is 6.31. The Morgan fingerprint density at radius 3 is 2.56 bits per heavy atom. The summed E-state index contributed by atoms with van der Waals surface area (Å²) in [5.41, 5.74) is 1.86. The smallest absolute Gasteiger partial charge is 0.387 e. The van der Waals surface area contributed by atoms with Crippen molar-refractivity contribution in [1.29, 1.82) is 0 Å². The number of anilines is 1. The Morgan fingerprint density at radius 1 is 1.22 bits per heavy atom. The first-order valence-electron chi connectivity index (χ1n) is 7.88. The molecular weight excluding hydrogens is 378 g/mol. The summed E-state index contributed by atoms with van der Waals surface area (Å²) in [4.78, 5) is 14.2. The molecule has 27 heavy (non-hydrogen) atoms. The van der Waals surface area contributed by atoms with Gasteiger partial charge in [-0.3, -0.25) is 4.79 Å². The molecule has 1 heterocycles. The summed E-state index contributed by atoms with van der Waals surface area (Å²) in [5.74, 6) is -0.317. The molecule has 0 aliphatic heterocycles. The van der Waals surface area contributed by atoms with E-state index in [-0.39, 0.29) is 17.4 Å². The number of benzene rings is 2. The van der Waals surface area contributed by atoms with E-state index in [0.717, 1.165) is 0 Å². The van der Waals surface area contributed by atoms with Gasteiger partial charge >= 0.3 is 6.61 Å². The van der Waals surface area contributed by atoms with Gasteiger partial charge in [0.15, 0.2) is 5.69 Å². The molecule has 0 spiro atoms. The standard InChI is InChI=1S/C18H15ClF2N4O2/c1-11-16(17(26)24(2)14-5-3-4-12(19)10-14)22-23-25(11)13-6-8-15(9-7-13)27-18(20)21/h3-10,18H,1-2H3. The van der Waals surface area contributed by atoms with Crippen LogP contribution in [0.2, 0.25) is 5.02 Å². The number of hydrogen-bond donors (Lipinski definition) is 0. The molecular formula is C18H15ClF2N4O2. The molecule has 140 valence electrons. The molecule has 1 aromatic heterocycles. The fraction of sp³-hybridized carbons (Fsp3) is 0.167. The Bertz CT molecular complexity index is 960. The van der Waals surface area contributed by atoms with Crippen LogP contribution in [-0.2, 0) is 0 Å². The second-order valence-electron chi connectivity index (χ2n) is 5.65. The summed E-state index contributed by atoms with van der Waals surface area (Å²) in [7, 11) is 1.61. The molecule has 0 unspecified atom stereocenters. The summed E-state index contributed by atoms with van der Waals surface area (Å²) in [5, 5.41) is 8.48. The predicted molar refractivity (Wildman–Crippen MR) is 96.9 cm³/mol. The molecule has 0 aliphatic carbocycles. The van der Waals surface area contributed by atoms with Crippen LogP contribution in [0.15, 0.2) is 48.5 Å². The Morgan fingerprint density at radius 2 is 1.93 bits per heavy atom. The summed E-state index contributed by atoms with van der Waals surface area (Å²) < 4.78 is 30.2. The van der Waals surface area contributed by atoms with Crippen molar-refractivity contribution in [3.63, 3.8) is 0 Å². The summed E-state index contributed by atoms with van der Waals surface area (Å²) in [6.07, 6.45) is 0. The lowest BCUT2D eigenvalue weighted by Gasteiger charge is -2.16. The van der Waals surface area contributed by atoms with E-state index in [0.29, 0.717) is 22.1 Å². The van der Waals surface area contributed by atoms with Gasteiger partial charge < -0.3 is 9.64 Å². The number of carbonyl (C=O) groups excluding carboxylic acids is 1. The highest BCUT2D eigenvalue weighted by Gasteiger charge is 2.22. The third-order valence-corrected chi connectivity index (χ3v) is 4.14. The molecule has 3 aromatic rings. The van der Waals surface area contributed by atoms with E-state index in [1.54, 1.807) is 50.4 Å². The van der Waals surface area contributed by atoms with Crippen molar-refractivity contribution in [3.8, 4) is 11.4 Å². The van der Waals surface area contributed by atoms with Crippen LogP contribution < -0.4 is 9.64 Å². The van der Waals surface area contributed by atoms with Gasteiger partial charge in [0.25, 0.3) is 5.91 Å². The van der Waals surface area contributed by atoms with Crippen LogP contribution in [0.4, 0.5) is 14.5 Å². The fourth-order valence-electron chi connectivity index (χ4n) is 2.50. The Hall–Kier alpha value is -3.00. The molecule has 2 aromatic carbocycles. The topological polar surface area (TPSA) is 60.2 Å². The van der Waals surface area contributed by atoms with Crippen LogP contribution in [0.1, 0.15) is 16.2 Å². The van der Waals surface area contributed by atoms with E-state index in [4.69, 9.17) is 11.6 Å². The highest BCUT2D eigenvalue weighted by Crippen LogP contribution is 2.22. The zero-order chi connectivity index (χ0) is 19.6. The summed E-state index contributed by atoms with van der Waals surface area (Å²) in [6.45, 7) is -1.20. The summed E-state index contributed by atoms with van der Waals surface area (Å²) in [6, 6.07) is 12.8. The number of amides is 1. The number of ether oxygens (including phenoxy) is 1. The maximum Gasteiger partial charge on any atom is 0.387 e. The number of alkyl halides is 2. The zero-order valence-corrected chi connectivity index (χ0v) is 15.2. The van der Waals surface area contributed by atoms with Crippen LogP contribution in [0.5, 0.6) is 5.75 Å². The van der Waals surface area contributed by atoms with E-state index < -0.39 is 6.61 Å². The molecule has 0 N–H and O–H groups in total. The van der Waals surface area contributed by atoms with Crippen LogP contribution in [0.3, 0.4) is 0 Å². The molecule has 0 radical (unpaired) electrons. The van der Waals surface area contributed by atoms with Crippen molar-refractivity contribution in [3.05, 3.63) is 64.9 Å². The third kappa shape index (κ3) is 4.06. The molecule has 6 nitrogen and oxygen atoms in total. The number of halogens is 3. The molecule has 0 bridgehead atoms. The van der Waals surface area contributed by atoms with Crippen LogP contribution in [0.25, 0.3) is 5.69 Å². The maximum absolute atomic E-state index is 12.8. The second-order valence-corrected chi connectivity index (χ2v) is 6.09. The molecule has 1 amide bonds. The number of rotatable bonds is 5. The first kappa shape index (κ1) is 18.8. The maximum atomic E-state index is 12.8. The molecule has 0 saturated carbocycles. The van der Waals surface area contributed by atoms with Crippen molar-refractivity contribution in [1.82, 2.24) is 15.0 Å². The van der Waals surface area contributed by atoms with Gasteiger partial charge in [-0.05, 0) is 49.4 Å². The molecule has 0 aliphatic rings. The fourth-order valence-corrected chi connectivity index (χ4v) is 2.69. The van der Waals surface area contributed by atoms with E-state index in [2.05, 4.69) is 15.0 Å². The average molecular weight is 393 g/mol. The molecule has 0 saturated heterocycles. The van der Waals surface area contributed by atoms with Gasteiger partial charge in [-0.25, -0.2) is 4.68 Å². The van der Waals surface area contributed by atoms with E-state index in [9.17, 15) is 13.6 Å².